The van der Waals surface area contributed by atoms with Crippen molar-refractivity contribution in [3.63, 3.8) is 0 Å². The molecule has 2 aromatic rings. The smallest absolute Gasteiger partial charge is 0.338 e. The minimum absolute atomic E-state index is 0.0710. The Bertz CT molecular complexity index is 997. The SMILES string of the molecule is O=C(OCC1OCC(OC(=O)c2cc(O)c(O)c(O)c2)C(O)C1O)c1ccc(O)c(O)c1. The van der Waals surface area contributed by atoms with Crippen molar-refractivity contribution in [2.45, 2.75) is 24.4 Å². The van der Waals surface area contributed by atoms with E-state index in [0.29, 0.717) is 0 Å². The van der Waals surface area contributed by atoms with Gasteiger partial charge >= 0.3 is 11.9 Å². The highest BCUT2D eigenvalue weighted by Gasteiger charge is 2.41. The van der Waals surface area contributed by atoms with E-state index in [1.54, 1.807) is 0 Å². The zero-order valence-electron chi connectivity index (χ0n) is 16.3. The lowest BCUT2D eigenvalue weighted by Gasteiger charge is -2.36. The number of ether oxygens (including phenoxy) is 3. The highest BCUT2D eigenvalue weighted by molar-refractivity contribution is 5.91. The van der Waals surface area contributed by atoms with Gasteiger partial charge in [-0.05, 0) is 30.3 Å². The molecule has 0 aromatic heterocycles. The summed E-state index contributed by atoms with van der Waals surface area (Å²) in [4.78, 5) is 24.2. The number of aromatic hydroxyl groups is 5. The molecule has 1 aliphatic heterocycles. The van der Waals surface area contributed by atoms with Gasteiger partial charge in [0.2, 0.25) is 0 Å². The van der Waals surface area contributed by atoms with Crippen molar-refractivity contribution in [2.24, 2.45) is 0 Å². The van der Waals surface area contributed by atoms with Crippen LogP contribution in [0.1, 0.15) is 20.7 Å². The molecule has 0 saturated carbocycles. The fourth-order valence-electron chi connectivity index (χ4n) is 2.93. The van der Waals surface area contributed by atoms with Crippen LogP contribution in [-0.2, 0) is 14.2 Å². The first-order valence-electron chi connectivity index (χ1n) is 9.21. The van der Waals surface area contributed by atoms with E-state index < -0.39 is 71.7 Å². The van der Waals surface area contributed by atoms with Crippen LogP contribution in [0.25, 0.3) is 0 Å². The Morgan fingerprint density at radius 3 is 2.09 bits per heavy atom. The molecule has 1 aliphatic rings. The lowest BCUT2D eigenvalue weighted by atomic mass is 10.0. The van der Waals surface area contributed by atoms with E-state index in [0.717, 1.165) is 24.3 Å². The van der Waals surface area contributed by atoms with Gasteiger partial charge in [0.05, 0.1) is 17.7 Å². The molecule has 3 rings (SSSR count). The number of aliphatic hydroxyl groups is 2. The fourth-order valence-corrected chi connectivity index (χ4v) is 2.93. The maximum Gasteiger partial charge on any atom is 0.338 e. The summed E-state index contributed by atoms with van der Waals surface area (Å²) in [6, 6.07) is 4.96. The van der Waals surface area contributed by atoms with E-state index in [2.05, 4.69) is 0 Å². The van der Waals surface area contributed by atoms with Crippen molar-refractivity contribution in [3.8, 4) is 28.7 Å². The Hall–Kier alpha value is -3.74. The van der Waals surface area contributed by atoms with Crippen LogP contribution in [0.15, 0.2) is 30.3 Å². The van der Waals surface area contributed by atoms with Crippen LogP contribution in [-0.4, -0.2) is 85.3 Å². The Kier molecular flexibility index (Phi) is 6.58. The Morgan fingerprint density at radius 2 is 1.47 bits per heavy atom. The Morgan fingerprint density at radius 1 is 0.844 bits per heavy atom. The number of rotatable bonds is 5. The monoisotopic (exact) mass is 452 g/mol. The highest BCUT2D eigenvalue weighted by atomic mass is 16.6. The number of aliphatic hydroxyl groups excluding tert-OH is 2. The lowest BCUT2D eigenvalue weighted by Crippen LogP contribution is -2.55. The molecular formula is C20H20O12. The molecule has 7 N–H and O–H groups in total. The minimum Gasteiger partial charge on any atom is -0.504 e. The number of phenolic OH excluding ortho intramolecular Hbond substituents is 5. The van der Waals surface area contributed by atoms with Gasteiger partial charge in [-0.15, -0.1) is 0 Å². The van der Waals surface area contributed by atoms with Crippen LogP contribution in [0, 0.1) is 0 Å². The number of phenols is 5. The summed E-state index contributed by atoms with van der Waals surface area (Å²) >= 11 is 0. The molecule has 32 heavy (non-hydrogen) atoms. The maximum atomic E-state index is 12.2. The predicted molar refractivity (Wildman–Crippen MR) is 102 cm³/mol. The van der Waals surface area contributed by atoms with Crippen LogP contribution < -0.4 is 0 Å². The molecule has 2 aromatic carbocycles. The number of hydrogen-bond donors (Lipinski definition) is 7. The average molecular weight is 452 g/mol. The molecule has 4 atom stereocenters. The fraction of sp³-hybridized carbons (Fsp3) is 0.300. The first kappa shape index (κ1) is 22.9. The topological polar surface area (TPSA) is 203 Å². The van der Waals surface area contributed by atoms with Crippen molar-refractivity contribution in [1.82, 2.24) is 0 Å². The molecule has 12 heteroatoms. The molecule has 1 saturated heterocycles. The van der Waals surface area contributed by atoms with Gasteiger partial charge in [-0.1, -0.05) is 0 Å². The normalized spacial score (nSPS) is 22.8. The van der Waals surface area contributed by atoms with Crippen molar-refractivity contribution in [1.29, 1.82) is 0 Å². The van der Waals surface area contributed by atoms with Gasteiger partial charge in [0.15, 0.2) is 34.9 Å². The summed E-state index contributed by atoms with van der Waals surface area (Å²) < 4.78 is 15.3. The van der Waals surface area contributed by atoms with Crippen molar-refractivity contribution in [2.75, 3.05) is 13.2 Å². The quantitative estimate of drug-likeness (QED) is 0.231. The van der Waals surface area contributed by atoms with Crippen molar-refractivity contribution < 1.29 is 59.5 Å². The first-order valence-corrected chi connectivity index (χ1v) is 9.21. The summed E-state index contributed by atoms with van der Waals surface area (Å²) in [6.45, 7) is -0.846. The standard InChI is InChI=1S/C20H20O12/c21-10-2-1-8(3-11(10)22)19(28)31-6-14-17(26)18(27)15(7-30-14)32-20(29)9-4-12(23)16(25)13(24)5-9/h1-5,14-15,17-18,21-27H,6-7H2. The van der Waals surface area contributed by atoms with Gasteiger partial charge in [-0.25, -0.2) is 9.59 Å². The third-order valence-electron chi connectivity index (χ3n) is 4.74. The van der Waals surface area contributed by atoms with Gasteiger partial charge in [-0.3, -0.25) is 0 Å². The van der Waals surface area contributed by atoms with Crippen molar-refractivity contribution in [3.05, 3.63) is 41.5 Å². The number of esters is 2. The third kappa shape index (κ3) is 4.77. The molecule has 1 fully saturated rings. The molecular weight excluding hydrogens is 432 g/mol. The van der Waals surface area contributed by atoms with Crippen LogP contribution >= 0.6 is 0 Å². The summed E-state index contributed by atoms with van der Waals surface area (Å²) in [5.41, 5.74) is -0.397. The molecule has 0 aliphatic carbocycles. The van der Waals surface area contributed by atoms with Crippen LogP contribution in [0.5, 0.6) is 28.7 Å². The predicted octanol–water partition coefficient (Wildman–Crippen LogP) is -0.282. The molecule has 4 unspecified atom stereocenters. The van der Waals surface area contributed by atoms with Crippen LogP contribution in [0.3, 0.4) is 0 Å². The van der Waals surface area contributed by atoms with Crippen molar-refractivity contribution >= 4 is 11.9 Å². The maximum absolute atomic E-state index is 12.2. The zero-order chi connectivity index (χ0) is 23.6. The summed E-state index contributed by atoms with van der Waals surface area (Å²) in [7, 11) is 0. The largest absolute Gasteiger partial charge is 0.504 e. The molecule has 1 heterocycles. The number of benzene rings is 2. The molecule has 0 spiro atoms. The number of carbonyl (C=O) groups is 2. The summed E-state index contributed by atoms with van der Waals surface area (Å²) in [5.74, 6) is -5.25. The lowest BCUT2D eigenvalue weighted by molar-refractivity contribution is -0.196. The van der Waals surface area contributed by atoms with Gasteiger partial charge in [-0.2, -0.15) is 0 Å². The van der Waals surface area contributed by atoms with Gasteiger partial charge in [0.1, 0.15) is 24.9 Å². The summed E-state index contributed by atoms with van der Waals surface area (Å²) in [5, 5.41) is 67.5. The van der Waals surface area contributed by atoms with Crippen LogP contribution in [0.2, 0.25) is 0 Å². The number of carbonyl (C=O) groups excluding carboxylic acids is 2. The molecule has 0 radical (unpaired) electrons. The van der Waals surface area contributed by atoms with E-state index in [-0.39, 0.29) is 17.7 Å². The van der Waals surface area contributed by atoms with E-state index in [1.807, 2.05) is 0 Å². The van der Waals surface area contributed by atoms with Gasteiger partial charge in [0.25, 0.3) is 0 Å². The second-order valence-electron chi connectivity index (χ2n) is 6.96. The average Bonchev–Trinajstić information content (AvgIpc) is 2.76. The second kappa shape index (κ2) is 9.18. The number of hydrogen-bond acceptors (Lipinski definition) is 12. The van der Waals surface area contributed by atoms with Crippen LogP contribution in [0.4, 0.5) is 0 Å². The van der Waals surface area contributed by atoms with E-state index in [4.69, 9.17) is 14.2 Å². The van der Waals surface area contributed by atoms with Gasteiger partial charge in [0, 0.05) is 0 Å². The molecule has 12 nitrogen and oxygen atoms in total. The van der Waals surface area contributed by atoms with E-state index >= 15 is 0 Å². The minimum atomic E-state index is -1.62. The Labute approximate surface area is 180 Å². The first-order chi connectivity index (χ1) is 15.1. The summed E-state index contributed by atoms with van der Waals surface area (Å²) in [6.07, 6.45) is -5.70. The van der Waals surface area contributed by atoms with E-state index in [1.165, 1.54) is 6.07 Å². The molecule has 172 valence electrons. The Balaban J connectivity index is 1.57. The molecule has 0 bridgehead atoms. The molecule has 0 amide bonds. The third-order valence-corrected chi connectivity index (χ3v) is 4.74. The zero-order valence-corrected chi connectivity index (χ0v) is 16.3. The van der Waals surface area contributed by atoms with Gasteiger partial charge < -0.3 is 50.0 Å². The second-order valence-corrected chi connectivity index (χ2v) is 6.96. The highest BCUT2D eigenvalue weighted by Crippen LogP contribution is 2.35. The van der Waals surface area contributed by atoms with E-state index in [9.17, 15) is 45.3 Å².